The molecule has 138 valence electrons. The van der Waals surface area contributed by atoms with Gasteiger partial charge in [0.1, 0.15) is 6.26 Å². The van der Waals surface area contributed by atoms with Crippen molar-refractivity contribution in [1.29, 1.82) is 0 Å². The molecule has 1 amide bonds. The molecule has 2 fully saturated rings. The Bertz CT molecular complexity index is 904. The maximum Gasteiger partial charge on any atom is 0.277 e. The third-order valence-corrected chi connectivity index (χ3v) is 6.63. The fraction of sp³-hybridized carbons (Fsp3) is 0.444. The summed E-state index contributed by atoms with van der Waals surface area (Å²) in [6.45, 7) is 0.932. The molecule has 0 spiro atoms. The molecule has 0 atom stereocenters. The Hall–Kier alpha value is -2.35. The van der Waals surface area contributed by atoms with Crippen molar-refractivity contribution >= 4 is 27.1 Å². The van der Waals surface area contributed by atoms with Crippen LogP contribution >= 0.6 is 0 Å². The number of sulfone groups is 1. The predicted molar refractivity (Wildman–Crippen MR) is 98.4 cm³/mol. The first-order chi connectivity index (χ1) is 12.5. The van der Waals surface area contributed by atoms with Gasteiger partial charge >= 0.3 is 0 Å². The van der Waals surface area contributed by atoms with Crippen LogP contribution in [0.4, 0.5) is 11.4 Å². The number of oxazole rings is 1. The van der Waals surface area contributed by atoms with Crippen LogP contribution < -0.4 is 10.2 Å². The monoisotopic (exact) mass is 375 g/mol. The van der Waals surface area contributed by atoms with Gasteiger partial charge in [-0.15, -0.1) is 0 Å². The first-order valence-electron chi connectivity index (χ1n) is 8.82. The Morgan fingerprint density at radius 2 is 2.00 bits per heavy atom. The van der Waals surface area contributed by atoms with Gasteiger partial charge in [-0.3, -0.25) is 4.79 Å². The van der Waals surface area contributed by atoms with E-state index in [0.29, 0.717) is 30.6 Å². The molecule has 7 nitrogen and oxygen atoms in total. The standard InChI is InChI=1S/C18H21N3O4S/c22-17(16-12-25-18(20-16)13-3-1-4-13)19-14-5-2-6-15(11-14)21-7-9-26(23,24)10-8-21/h2,5-6,11-13H,1,3-4,7-10H2,(H,19,22). The summed E-state index contributed by atoms with van der Waals surface area (Å²) in [5.74, 6) is 0.997. The number of benzene rings is 1. The van der Waals surface area contributed by atoms with E-state index in [1.165, 1.54) is 12.7 Å². The van der Waals surface area contributed by atoms with Crippen molar-refractivity contribution < 1.29 is 17.6 Å². The normalized spacial score (nSPS) is 19.8. The lowest BCUT2D eigenvalue weighted by Gasteiger charge is -2.29. The fourth-order valence-corrected chi connectivity index (χ4v) is 4.38. The molecular formula is C18H21N3O4S. The largest absolute Gasteiger partial charge is 0.448 e. The van der Waals surface area contributed by atoms with Crippen LogP contribution in [0.1, 0.15) is 41.6 Å². The minimum atomic E-state index is -2.92. The topological polar surface area (TPSA) is 92.5 Å². The number of amides is 1. The Morgan fingerprint density at radius 1 is 1.23 bits per heavy atom. The van der Waals surface area contributed by atoms with Gasteiger partial charge in [0.2, 0.25) is 0 Å². The maximum atomic E-state index is 12.4. The molecule has 2 heterocycles. The lowest BCUT2D eigenvalue weighted by atomic mass is 9.85. The van der Waals surface area contributed by atoms with Gasteiger partial charge in [-0.1, -0.05) is 12.5 Å². The summed E-state index contributed by atoms with van der Waals surface area (Å²) in [4.78, 5) is 18.7. The number of anilines is 2. The van der Waals surface area contributed by atoms with E-state index in [1.807, 2.05) is 23.1 Å². The fourth-order valence-electron chi connectivity index (χ4n) is 3.18. The average Bonchev–Trinajstić information content (AvgIpc) is 3.03. The summed E-state index contributed by atoms with van der Waals surface area (Å²) in [6, 6.07) is 7.41. The first kappa shape index (κ1) is 17.1. The summed E-state index contributed by atoms with van der Waals surface area (Å²) in [6.07, 6.45) is 4.71. The quantitative estimate of drug-likeness (QED) is 0.882. The third-order valence-electron chi connectivity index (χ3n) is 5.02. The average molecular weight is 375 g/mol. The Balaban J connectivity index is 1.43. The summed E-state index contributed by atoms with van der Waals surface area (Å²) in [5, 5.41) is 2.84. The SMILES string of the molecule is O=C(Nc1cccc(N2CCS(=O)(=O)CC2)c1)c1coc(C2CCC2)n1. The summed E-state index contributed by atoms with van der Waals surface area (Å²) in [7, 11) is -2.92. The van der Waals surface area contributed by atoms with Crippen molar-refractivity contribution in [2.45, 2.75) is 25.2 Å². The lowest BCUT2D eigenvalue weighted by molar-refractivity contribution is 0.102. The molecule has 4 rings (SSSR count). The Labute approximate surface area is 152 Å². The van der Waals surface area contributed by atoms with Crippen molar-refractivity contribution in [3.8, 4) is 0 Å². The van der Waals surface area contributed by atoms with Gasteiger partial charge in [-0.25, -0.2) is 13.4 Å². The maximum absolute atomic E-state index is 12.4. The number of aromatic nitrogens is 1. The second-order valence-corrected chi connectivity index (χ2v) is 9.15. The van der Waals surface area contributed by atoms with Crippen LogP contribution in [0.15, 0.2) is 34.9 Å². The minimum absolute atomic E-state index is 0.159. The van der Waals surface area contributed by atoms with Gasteiger partial charge in [0.25, 0.3) is 5.91 Å². The third kappa shape index (κ3) is 3.60. The van der Waals surface area contributed by atoms with E-state index < -0.39 is 9.84 Å². The molecule has 1 saturated heterocycles. The van der Waals surface area contributed by atoms with Crippen LogP contribution in [0.5, 0.6) is 0 Å². The molecule has 1 N–H and O–H groups in total. The predicted octanol–water partition coefficient (Wildman–Crippen LogP) is 2.43. The van der Waals surface area contributed by atoms with Crippen molar-refractivity contribution in [2.24, 2.45) is 0 Å². The van der Waals surface area contributed by atoms with Gasteiger partial charge in [-0.05, 0) is 31.0 Å². The molecule has 1 aromatic carbocycles. The molecular weight excluding hydrogens is 354 g/mol. The highest BCUT2D eigenvalue weighted by Crippen LogP contribution is 2.35. The van der Waals surface area contributed by atoms with Crippen molar-refractivity contribution in [3.63, 3.8) is 0 Å². The van der Waals surface area contributed by atoms with Crippen LogP contribution in [-0.2, 0) is 9.84 Å². The minimum Gasteiger partial charge on any atom is -0.448 e. The number of nitrogens with one attached hydrogen (secondary N) is 1. The summed E-state index contributed by atoms with van der Waals surface area (Å²) >= 11 is 0. The highest BCUT2D eigenvalue weighted by molar-refractivity contribution is 7.91. The number of carbonyl (C=O) groups excluding carboxylic acids is 1. The molecule has 8 heteroatoms. The molecule has 1 aliphatic carbocycles. The second-order valence-electron chi connectivity index (χ2n) is 6.84. The number of hydrogen-bond donors (Lipinski definition) is 1. The summed E-state index contributed by atoms with van der Waals surface area (Å²) < 4.78 is 28.6. The van der Waals surface area contributed by atoms with Gasteiger partial charge < -0.3 is 14.6 Å². The molecule has 2 aliphatic rings. The molecule has 0 unspecified atom stereocenters. The molecule has 0 bridgehead atoms. The van der Waals surface area contributed by atoms with Gasteiger partial charge in [0.05, 0.1) is 11.5 Å². The molecule has 1 aliphatic heterocycles. The van der Waals surface area contributed by atoms with Crippen molar-refractivity contribution in [2.75, 3.05) is 34.8 Å². The van der Waals surface area contributed by atoms with Crippen molar-refractivity contribution in [3.05, 3.63) is 42.1 Å². The molecule has 0 radical (unpaired) electrons. The van der Waals surface area contributed by atoms with Gasteiger partial charge in [0, 0.05) is 30.4 Å². The number of rotatable bonds is 4. The molecule has 1 saturated carbocycles. The first-order valence-corrected chi connectivity index (χ1v) is 10.6. The lowest BCUT2D eigenvalue weighted by Crippen LogP contribution is -2.40. The molecule has 2 aromatic rings. The van der Waals surface area contributed by atoms with E-state index >= 15 is 0 Å². The number of carbonyl (C=O) groups is 1. The van der Waals surface area contributed by atoms with Crippen molar-refractivity contribution in [1.82, 2.24) is 4.98 Å². The van der Waals surface area contributed by atoms with E-state index in [1.54, 1.807) is 6.07 Å². The zero-order valence-corrected chi connectivity index (χ0v) is 15.2. The zero-order chi connectivity index (χ0) is 18.1. The highest BCUT2D eigenvalue weighted by atomic mass is 32.2. The van der Waals surface area contributed by atoms with E-state index in [-0.39, 0.29) is 23.1 Å². The van der Waals surface area contributed by atoms with E-state index in [2.05, 4.69) is 10.3 Å². The summed E-state index contributed by atoms with van der Waals surface area (Å²) in [5.41, 5.74) is 1.82. The van der Waals surface area contributed by atoms with Gasteiger partial charge in [0.15, 0.2) is 21.4 Å². The van der Waals surface area contributed by atoms with Gasteiger partial charge in [-0.2, -0.15) is 0 Å². The molecule has 1 aromatic heterocycles. The number of hydrogen-bond acceptors (Lipinski definition) is 6. The van der Waals surface area contributed by atoms with Crippen LogP contribution in [0.3, 0.4) is 0 Å². The smallest absolute Gasteiger partial charge is 0.277 e. The Morgan fingerprint density at radius 3 is 2.69 bits per heavy atom. The van der Waals surface area contributed by atoms with E-state index in [4.69, 9.17) is 4.42 Å². The zero-order valence-electron chi connectivity index (χ0n) is 14.3. The highest BCUT2D eigenvalue weighted by Gasteiger charge is 2.26. The Kier molecular flexibility index (Phi) is 4.44. The van der Waals surface area contributed by atoms with Crippen LogP contribution in [0.25, 0.3) is 0 Å². The van der Waals surface area contributed by atoms with E-state index in [9.17, 15) is 13.2 Å². The number of nitrogens with zero attached hydrogens (tertiary/aromatic N) is 2. The molecule has 26 heavy (non-hydrogen) atoms. The van der Waals surface area contributed by atoms with Crippen LogP contribution in [-0.4, -0.2) is 43.9 Å². The van der Waals surface area contributed by atoms with E-state index in [0.717, 1.165) is 18.5 Å². The second kappa shape index (κ2) is 6.75. The van der Waals surface area contributed by atoms with Crippen LogP contribution in [0.2, 0.25) is 0 Å². The van der Waals surface area contributed by atoms with Crippen LogP contribution in [0, 0.1) is 0 Å².